The average Bonchev–Trinajstić information content (AvgIpc) is 3.11. The Balaban J connectivity index is 1.37. The molecule has 4 rings (SSSR count). The first-order chi connectivity index (χ1) is 16.8. The molecule has 5 nitrogen and oxygen atoms in total. The fourth-order valence-electron chi connectivity index (χ4n) is 3.57. The summed E-state index contributed by atoms with van der Waals surface area (Å²) in [5.74, 6) is -0.169. The molecule has 0 radical (unpaired) electrons. The van der Waals surface area contributed by atoms with Gasteiger partial charge in [-0.05, 0) is 59.5 Å². The van der Waals surface area contributed by atoms with Crippen LogP contribution in [0.1, 0.15) is 30.9 Å². The molecule has 1 fully saturated rings. The Kier molecular flexibility index (Phi) is 7.63. The van der Waals surface area contributed by atoms with E-state index in [1.54, 1.807) is 36.4 Å². The molecular formula is C27H23FN2O3S2. The van der Waals surface area contributed by atoms with E-state index >= 15 is 0 Å². The van der Waals surface area contributed by atoms with Gasteiger partial charge in [-0.25, -0.2) is 4.39 Å². The topological polar surface area (TPSA) is 58.6 Å². The lowest BCUT2D eigenvalue weighted by Crippen LogP contribution is -2.27. The summed E-state index contributed by atoms with van der Waals surface area (Å²) in [6, 6.07) is 20.5. The molecule has 0 atom stereocenters. The first kappa shape index (κ1) is 24.6. The first-order valence-electron chi connectivity index (χ1n) is 11.0. The summed E-state index contributed by atoms with van der Waals surface area (Å²) in [6.45, 7) is 4.02. The largest absolute Gasteiger partial charge is 0.484 e. The molecular weight excluding hydrogens is 483 g/mol. The smallest absolute Gasteiger partial charge is 0.270 e. The summed E-state index contributed by atoms with van der Waals surface area (Å²) >= 11 is 6.49. The molecule has 0 aromatic heterocycles. The zero-order chi connectivity index (χ0) is 24.9. The van der Waals surface area contributed by atoms with Crippen LogP contribution in [0.5, 0.6) is 5.75 Å². The number of thiocarbonyl (C=S) groups is 1. The Morgan fingerprint density at radius 3 is 2.57 bits per heavy atom. The number of benzene rings is 3. The number of carbonyl (C=O) groups excluding carboxylic acids is 2. The molecule has 2 amide bonds. The highest BCUT2D eigenvalue weighted by atomic mass is 32.2. The van der Waals surface area contributed by atoms with Crippen LogP contribution in [0.15, 0.2) is 77.7 Å². The third-order valence-corrected chi connectivity index (χ3v) is 6.57. The van der Waals surface area contributed by atoms with Crippen LogP contribution in [0, 0.1) is 5.82 Å². The van der Waals surface area contributed by atoms with Gasteiger partial charge in [-0.15, -0.1) is 0 Å². The van der Waals surface area contributed by atoms with Gasteiger partial charge in [0, 0.05) is 5.69 Å². The summed E-state index contributed by atoms with van der Waals surface area (Å²) in [4.78, 5) is 27.0. The van der Waals surface area contributed by atoms with Crippen molar-refractivity contribution in [2.24, 2.45) is 0 Å². The van der Waals surface area contributed by atoms with Gasteiger partial charge >= 0.3 is 0 Å². The Bertz CT molecular complexity index is 1310. The van der Waals surface area contributed by atoms with Crippen LogP contribution in [-0.2, 0) is 9.59 Å². The number of para-hydroxylation sites is 1. The number of nitrogens with one attached hydrogen (secondary N) is 1. The normalized spacial score (nSPS) is 14.6. The van der Waals surface area contributed by atoms with Crippen LogP contribution in [0.4, 0.5) is 15.8 Å². The van der Waals surface area contributed by atoms with E-state index in [9.17, 15) is 14.0 Å². The lowest BCUT2D eigenvalue weighted by molar-refractivity contribution is -0.118. The van der Waals surface area contributed by atoms with Crippen LogP contribution in [0.2, 0.25) is 0 Å². The molecule has 0 aliphatic carbocycles. The Morgan fingerprint density at radius 1 is 1.11 bits per heavy atom. The van der Waals surface area contributed by atoms with Crippen molar-refractivity contribution in [3.8, 4) is 5.75 Å². The van der Waals surface area contributed by atoms with Crippen LogP contribution >= 0.6 is 24.0 Å². The lowest BCUT2D eigenvalue weighted by Gasteiger charge is -2.14. The second-order valence-corrected chi connectivity index (χ2v) is 9.82. The van der Waals surface area contributed by atoms with Crippen molar-refractivity contribution in [3.05, 3.63) is 94.6 Å². The number of halogens is 1. The highest BCUT2D eigenvalue weighted by Crippen LogP contribution is 2.36. The molecule has 178 valence electrons. The highest BCUT2D eigenvalue weighted by molar-refractivity contribution is 8.27. The van der Waals surface area contributed by atoms with E-state index < -0.39 is 5.82 Å². The van der Waals surface area contributed by atoms with E-state index in [0.717, 1.165) is 28.6 Å². The van der Waals surface area contributed by atoms with Crippen LogP contribution in [-0.4, -0.2) is 22.7 Å². The maximum absolute atomic E-state index is 13.6. The second-order valence-electron chi connectivity index (χ2n) is 8.14. The van der Waals surface area contributed by atoms with Crippen molar-refractivity contribution in [3.63, 3.8) is 0 Å². The molecule has 8 heteroatoms. The minimum atomic E-state index is -0.436. The third-order valence-electron chi connectivity index (χ3n) is 5.26. The van der Waals surface area contributed by atoms with E-state index in [-0.39, 0.29) is 24.3 Å². The van der Waals surface area contributed by atoms with E-state index in [4.69, 9.17) is 17.0 Å². The number of anilines is 2. The zero-order valence-corrected chi connectivity index (χ0v) is 20.8. The van der Waals surface area contributed by atoms with E-state index in [2.05, 4.69) is 19.2 Å². The molecule has 1 saturated heterocycles. The second kappa shape index (κ2) is 10.8. The molecule has 3 aromatic rings. The quantitative estimate of drug-likeness (QED) is 0.298. The minimum Gasteiger partial charge on any atom is -0.484 e. The number of thioether (sulfide) groups is 1. The van der Waals surface area contributed by atoms with Gasteiger partial charge in [-0.2, -0.15) is 0 Å². The van der Waals surface area contributed by atoms with Gasteiger partial charge in [0.15, 0.2) is 10.9 Å². The monoisotopic (exact) mass is 506 g/mol. The number of hydrogen-bond donors (Lipinski definition) is 1. The lowest BCUT2D eigenvalue weighted by atomic mass is 10.0. The molecule has 1 aliphatic heterocycles. The van der Waals surface area contributed by atoms with Crippen molar-refractivity contribution < 1.29 is 18.7 Å². The van der Waals surface area contributed by atoms with Gasteiger partial charge < -0.3 is 10.1 Å². The Labute approximate surface area is 213 Å². The molecule has 1 heterocycles. The summed E-state index contributed by atoms with van der Waals surface area (Å²) in [7, 11) is 0. The van der Waals surface area contributed by atoms with Gasteiger partial charge in [0.2, 0.25) is 0 Å². The number of amides is 2. The van der Waals surface area contributed by atoms with Gasteiger partial charge in [-0.1, -0.05) is 74.2 Å². The van der Waals surface area contributed by atoms with Gasteiger partial charge in [0.05, 0.1) is 10.6 Å². The number of carbonyl (C=O) groups is 2. The summed E-state index contributed by atoms with van der Waals surface area (Å²) < 4.78 is 19.6. The summed E-state index contributed by atoms with van der Waals surface area (Å²) in [6.07, 6.45) is 1.72. The standard InChI is InChI=1S/C27H23FN2O3S2/c1-17(2)22-8-3-4-9-23(22)29-25(31)16-33-21-12-10-18(11-13-21)14-24-26(32)30(27(34)35-24)20-7-5-6-19(28)15-20/h3-15,17H,16H2,1-2H3,(H,29,31)/b24-14-. The molecule has 0 spiro atoms. The van der Waals surface area contributed by atoms with Gasteiger partial charge in [0.1, 0.15) is 11.6 Å². The van der Waals surface area contributed by atoms with Gasteiger partial charge in [-0.3, -0.25) is 14.5 Å². The zero-order valence-electron chi connectivity index (χ0n) is 19.2. The summed E-state index contributed by atoms with van der Waals surface area (Å²) in [5, 5.41) is 2.90. The van der Waals surface area contributed by atoms with Crippen LogP contribution in [0.25, 0.3) is 6.08 Å². The van der Waals surface area contributed by atoms with Crippen molar-refractivity contribution in [2.75, 3.05) is 16.8 Å². The first-order valence-corrected chi connectivity index (χ1v) is 12.2. The molecule has 3 aromatic carbocycles. The van der Waals surface area contributed by atoms with E-state index in [0.29, 0.717) is 20.7 Å². The van der Waals surface area contributed by atoms with Gasteiger partial charge in [0.25, 0.3) is 11.8 Å². The van der Waals surface area contributed by atoms with Crippen molar-refractivity contribution in [2.45, 2.75) is 19.8 Å². The molecule has 1 aliphatic rings. The van der Waals surface area contributed by atoms with Crippen molar-refractivity contribution in [1.82, 2.24) is 0 Å². The maximum atomic E-state index is 13.6. The molecule has 0 saturated carbocycles. The van der Waals surface area contributed by atoms with E-state index in [1.165, 1.54) is 23.1 Å². The molecule has 0 unspecified atom stereocenters. The highest BCUT2D eigenvalue weighted by Gasteiger charge is 2.33. The number of hydrogen-bond acceptors (Lipinski definition) is 5. The number of nitrogens with zero attached hydrogens (tertiary/aromatic N) is 1. The molecule has 0 bridgehead atoms. The average molecular weight is 507 g/mol. The summed E-state index contributed by atoms with van der Waals surface area (Å²) in [5.41, 5.74) is 3.01. The molecule has 1 N–H and O–H groups in total. The van der Waals surface area contributed by atoms with Crippen molar-refractivity contribution in [1.29, 1.82) is 0 Å². The van der Waals surface area contributed by atoms with E-state index in [1.807, 2.05) is 24.3 Å². The number of rotatable bonds is 7. The Morgan fingerprint density at radius 2 is 1.86 bits per heavy atom. The maximum Gasteiger partial charge on any atom is 0.270 e. The predicted molar refractivity (Wildman–Crippen MR) is 143 cm³/mol. The number of ether oxygens (including phenoxy) is 1. The van der Waals surface area contributed by atoms with Crippen LogP contribution in [0.3, 0.4) is 0 Å². The fourth-order valence-corrected chi connectivity index (χ4v) is 4.87. The molecule has 35 heavy (non-hydrogen) atoms. The Hall–Kier alpha value is -3.49. The van der Waals surface area contributed by atoms with Crippen LogP contribution < -0.4 is 15.0 Å². The third kappa shape index (κ3) is 5.96. The SMILES string of the molecule is CC(C)c1ccccc1NC(=O)COc1ccc(/C=C2\SC(=S)N(c3cccc(F)c3)C2=O)cc1. The predicted octanol–water partition coefficient (Wildman–Crippen LogP) is 6.37. The minimum absolute atomic E-state index is 0.127. The van der Waals surface area contributed by atoms with Crippen molar-refractivity contribution >= 4 is 57.6 Å². The fraction of sp³-hybridized carbons (Fsp3) is 0.148.